The molecule has 0 saturated heterocycles. The van der Waals surface area contributed by atoms with Crippen molar-refractivity contribution in [1.29, 1.82) is 0 Å². The highest BCUT2D eigenvalue weighted by Gasteiger charge is 2.20. The molecule has 0 bridgehead atoms. The summed E-state index contributed by atoms with van der Waals surface area (Å²) in [4.78, 5) is 0.921. The van der Waals surface area contributed by atoms with E-state index in [9.17, 15) is 4.39 Å². The third-order valence-corrected chi connectivity index (χ3v) is 5.20. The van der Waals surface area contributed by atoms with Gasteiger partial charge in [0.15, 0.2) is 0 Å². The fourth-order valence-corrected chi connectivity index (χ4v) is 3.85. The van der Waals surface area contributed by atoms with Gasteiger partial charge in [-0.05, 0) is 35.6 Å². The number of aryl methyl sites for hydroxylation is 1. The number of alkyl halides is 1. The van der Waals surface area contributed by atoms with Crippen LogP contribution in [0.15, 0.2) is 23.6 Å². The Balaban J connectivity index is 2.46. The quantitative estimate of drug-likeness (QED) is 0.679. The van der Waals surface area contributed by atoms with Crippen molar-refractivity contribution in [3.05, 3.63) is 50.4 Å². The van der Waals surface area contributed by atoms with Gasteiger partial charge < -0.3 is 4.74 Å². The van der Waals surface area contributed by atoms with Crippen LogP contribution in [0.2, 0.25) is 5.02 Å². The summed E-state index contributed by atoms with van der Waals surface area (Å²) in [6.45, 7) is 1.72. The lowest BCUT2D eigenvalue weighted by atomic mass is 10.1. The second-order valence-corrected chi connectivity index (χ2v) is 6.11. The van der Waals surface area contributed by atoms with Gasteiger partial charge in [0.25, 0.3) is 0 Å². The standard InChI is InChI=1S/C13H11BrClFOS/c1-7-5-8(9(15)6-10(7)16)12(14)13-11(17-2)3-4-18-13/h3-6,12H,1-2H3. The van der Waals surface area contributed by atoms with E-state index in [-0.39, 0.29) is 10.6 Å². The molecule has 1 aromatic heterocycles. The summed E-state index contributed by atoms with van der Waals surface area (Å²) in [6.07, 6.45) is 0. The Hall–Kier alpha value is -0.580. The third-order valence-electron chi connectivity index (χ3n) is 2.66. The van der Waals surface area contributed by atoms with Crippen LogP contribution in [0.3, 0.4) is 0 Å². The first kappa shape index (κ1) is 13.8. The molecule has 0 saturated carbocycles. The molecule has 0 radical (unpaired) electrons. The number of rotatable bonds is 3. The molecule has 0 aliphatic heterocycles. The summed E-state index contributed by atoms with van der Waals surface area (Å²) in [5, 5.41) is 2.36. The maximum absolute atomic E-state index is 13.4. The molecule has 0 spiro atoms. The molecule has 0 amide bonds. The normalized spacial score (nSPS) is 12.5. The van der Waals surface area contributed by atoms with E-state index in [1.165, 1.54) is 6.07 Å². The topological polar surface area (TPSA) is 9.23 Å². The Morgan fingerprint density at radius 2 is 2.17 bits per heavy atom. The van der Waals surface area contributed by atoms with Gasteiger partial charge in [0.2, 0.25) is 0 Å². The van der Waals surface area contributed by atoms with Gasteiger partial charge in [-0.15, -0.1) is 11.3 Å². The average molecular weight is 350 g/mol. The highest BCUT2D eigenvalue weighted by Crippen LogP contribution is 2.43. The Morgan fingerprint density at radius 1 is 1.44 bits per heavy atom. The molecule has 0 N–H and O–H groups in total. The number of halogens is 3. The van der Waals surface area contributed by atoms with Crippen molar-refractivity contribution < 1.29 is 9.13 Å². The van der Waals surface area contributed by atoms with E-state index in [0.717, 1.165) is 16.2 Å². The number of ether oxygens (including phenoxy) is 1. The Bertz CT molecular complexity index is 570. The Labute approximate surface area is 123 Å². The second kappa shape index (κ2) is 5.59. The SMILES string of the molecule is COc1ccsc1C(Br)c1cc(C)c(F)cc1Cl. The van der Waals surface area contributed by atoms with Crippen LogP contribution in [0.25, 0.3) is 0 Å². The third kappa shape index (κ3) is 2.56. The first-order valence-electron chi connectivity index (χ1n) is 5.25. The average Bonchev–Trinajstić information content (AvgIpc) is 2.81. The van der Waals surface area contributed by atoms with Crippen molar-refractivity contribution in [1.82, 2.24) is 0 Å². The van der Waals surface area contributed by atoms with E-state index < -0.39 is 0 Å². The minimum absolute atomic E-state index is 0.0979. The monoisotopic (exact) mass is 348 g/mol. The number of hydrogen-bond acceptors (Lipinski definition) is 2. The van der Waals surface area contributed by atoms with Gasteiger partial charge in [-0.2, -0.15) is 0 Å². The van der Waals surface area contributed by atoms with Crippen LogP contribution in [0, 0.1) is 12.7 Å². The van der Waals surface area contributed by atoms with Crippen LogP contribution in [0.5, 0.6) is 5.75 Å². The van der Waals surface area contributed by atoms with Crippen LogP contribution >= 0.6 is 38.9 Å². The molecular formula is C13H11BrClFOS. The van der Waals surface area contributed by atoms with Crippen molar-refractivity contribution in [2.24, 2.45) is 0 Å². The molecule has 5 heteroatoms. The molecule has 1 atom stereocenters. The van der Waals surface area contributed by atoms with Crippen molar-refractivity contribution in [2.75, 3.05) is 7.11 Å². The fourth-order valence-electron chi connectivity index (χ4n) is 1.68. The van der Waals surface area contributed by atoms with Crippen LogP contribution in [0.1, 0.15) is 20.8 Å². The molecule has 96 valence electrons. The van der Waals surface area contributed by atoms with E-state index in [1.807, 2.05) is 11.4 Å². The zero-order valence-electron chi connectivity index (χ0n) is 9.84. The van der Waals surface area contributed by atoms with Gasteiger partial charge in [0.1, 0.15) is 11.6 Å². The summed E-state index contributed by atoms with van der Waals surface area (Å²) >= 11 is 11.3. The van der Waals surface area contributed by atoms with Crippen molar-refractivity contribution in [3.8, 4) is 5.75 Å². The van der Waals surface area contributed by atoms with E-state index in [2.05, 4.69) is 15.9 Å². The molecule has 1 nitrogen and oxygen atoms in total. The molecule has 0 fully saturated rings. The van der Waals surface area contributed by atoms with E-state index in [1.54, 1.807) is 31.4 Å². The van der Waals surface area contributed by atoms with E-state index in [4.69, 9.17) is 16.3 Å². The van der Waals surface area contributed by atoms with Crippen LogP contribution < -0.4 is 4.74 Å². The predicted octanol–water partition coefficient (Wildman–Crippen LogP) is 5.34. The molecule has 2 rings (SSSR count). The minimum Gasteiger partial charge on any atom is -0.496 e. The maximum atomic E-state index is 13.4. The first-order valence-corrected chi connectivity index (χ1v) is 7.43. The van der Waals surface area contributed by atoms with Crippen LogP contribution in [0.4, 0.5) is 4.39 Å². The van der Waals surface area contributed by atoms with Crippen LogP contribution in [-0.2, 0) is 0 Å². The molecule has 1 aromatic carbocycles. The molecule has 18 heavy (non-hydrogen) atoms. The lowest BCUT2D eigenvalue weighted by molar-refractivity contribution is 0.413. The molecule has 0 aliphatic carbocycles. The summed E-state index contributed by atoms with van der Waals surface area (Å²) in [6, 6.07) is 5.01. The van der Waals surface area contributed by atoms with Gasteiger partial charge in [-0.1, -0.05) is 33.6 Å². The molecule has 0 aliphatic rings. The van der Waals surface area contributed by atoms with E-state index in [0.29, 0.717) is 10.6 Å². The smallest absolute Gasteiger partial charge is 0.134 e. The second-order valence-electron chi connectivity index (χ2n) is 3.84. The zero-order valence-corrected chi connectivity index (χ0v) is 13.0. The molecule has 1 unspecified atom stereocenters. The Morgan fingerprint density at radius 3 is 2.83 bits per heavy atom. The minimum atomic E-state index is -0.290. The number of methoxy groups -OCH3 is 1. The van der Waals surface area contributed by atoms with Crippen molar-refractivity contribution in [3.63, 3.8) is 0 Å². The van der Waals surface area contributed by atoms with Gasteiger partial charge in [-0.3, -0.25) is 0 Å². The lowest BCUT2D eigenvalue weighted by Crippen LogP contribution is -1.96. The van der Waals surface area contributed by atoms with Gasteiger partial charge in [0.05, 0.1) is 16.8 Å². The summed E-state index contributed by atoms with van der Waals surface area (Å²) in [7, 11) is 1.63. The summed E-state index contributed by atoms with van der Waals surface area (Å²) in [5.41, 5.74) is 1.42. The highest BCUT2D eigenvalue weighted by molar-refractivity contribution is 9.09. The van der Waals surface area contributed by atoms with Crippen molar-refractivity contribution in [2.45, 2.75) is 11.8 Å². The first-order chi connectivity index (χ1) is 8.54. The molecule has 2 aromatic rings. The van der Waals surface area contributed by atoms with Gasteiger partial charge >= 0.3 is 0 Å². The highest BCUT2D eigenvalue weighted by atomic mass is 79.9. The van der Waals surface area contributed by atoms with Gasteiger partial charge in [0, 0.05) is 5.02 Å². The number of thiophene rings is 1. The van der Waals surface area contributed by atoms with Crippen molar-refractivity contribution >= 4 is 38.9 Å². The zero-order chi connectivity index (χ0) is 13.3. The maximum Gasteiger partial charge on any atom is 0.134 e. The summed E-state index contributed by atoms with van der Waals surface area (Å²) in [5.74, 6) is 0.515. The largest absolute Gasteiger partial charge is 0.496 e. The van der Waals surface area contributed by atoms with Gasteiger partial charge in [-0.25, -0.2) is 4.39 Å². The molecular weight excluding hydrogens is 339 g/mol. The predicted molar refractivity (Wildman–Crippen MR) is 77.8 cm³/mol. The van der Waals surface area contributed by atoms with Crippen LogP contribution in [-0.4, -0.2) is 7.11 Å². The number of benzene rings is 1. The molecule has 1 heterocycles. The van der Waals surface area contributed by atoms with E-state index >= 15 is 0 Å². The lowest BCUT2D eigenvalue weighted by Gasteiger charge is -2.13. The summed E-state index contributed by atoms with van der Waals surface area (Å²) < 4.78 is 18.7. The fraction of sp³-hybridized carbons (Fsp3) is 0.231. The Kier molecular flexibility index (Phi) is 4.30. The number of hydrogen-bond donors (Lipinski definition) is 0.